The van der Waals surface area contributed by atoms with Gasteiger partial charge >= 0.3 is 0 Å². The van der Waals surface area contributed by atoms with Gasteiger partial charge in [0.1, 0.15) is 5.82 Å². The van der Waals surface area contributed by atoms with Crippen LogP contribution in [0.4, 0.5) is 4.39 Å². The summed E-state index contributed by atoms with van der Waals surface area (Å²) in [5, 5.41) is 6.99. The molecule has 1 fully saturated rings. The second-order valence-electron chi connectivity index (χ2n) is 6.58. The van der Waals surface area contributed by atoms with E-state index < -0.39 is 0 Å². The Bertz CT molecular complexity index is 582. The Balaban J connectivity index is 0.00000338. The fourth-order valence-corrected chi connectivity index (χ4v) is 3.32. The molecule has 1 aliphatic rings. The number of nitrogens with one attached hydrogen (secondary N) is 2. The molecular weight excluding hydrogens is 470 g/mol. The number of ether oxygens (including phenoxy) is 1. The van der Waals surface area contributed by atoms with Gasteiger partial charge in [-0.05, 0) is 32.9 Å². The monoisotopic (exact) mass is 498 g/mol. The topological polar surface area (TPSA) is 48.9 Å². The molecule has 0 radical (unpaired) electrons. The first kappa shape index (κ1) is 23.4. The van der Waals surface area contributed by atoms with Gasteiger partial charge in [-0.2, -0.15) is 0 Å². The Morgan fingerprint density at radius 2 is 2.19 bits per heavy atom. The van der Waals surface area contributed by atoms with E-state index in [2.05, 4.69) is 20.5 Å². The van der Waals surface area contributed by atoms with E-state index >= 15 is 0 Å². The van der Waals surface area contributed by atoms with Gasteiger partial charge in [0, 0.05) is 43.3 Å². The second-order valence-corrected chi connectivity index (χ2v) is 6.99. The Hall–Kier alpha value is -0.640. The van der Waals surface area contributed by atoms with Gasteiger partial charge in [0.05, 0.1) is 18.8 Å². The van der Waals surface area contributed by atoms with Crippen LogP contribution < -0.4 is 10.6 Å². The van der Waals surface area contributed by atoms with Crippen molar-refractivity contribution in [2.75, 3.05) is 33.3 Å². The van der Waals surface area contributed by atoms with Crippen LogP contribution >= 0.6 is 35.6 Å². The molecule has 26 heavy (non-hydrogen) atoms. The molecule has 0 saturated carbocycles. The highest BCUT2D eigenvalue weighted by Gasteiger charge is 2.29. The molecule has 0 aliphatic carbocycles. The van der Waals surface area contributed by atoms with E-state index in [1.165, 1.54) is 6.07 Å². The normalized spacial score (nSPS) is 19.8. The molecule has 1 heterocycles. The SMILES string of the molecule is CN=C(NCC(c1c(F)cccc1Cl)N1CCOC(C)C1)NC(C)C.I. The van der Waals surface area contributed by atoms with Crippen molar-refractivity contribution in [1.82, 2.24) is 15.5 Å². The number of rotatable bonds is 5. The molecule has 0 spiro atoms. The zero-order valence-electron chi connectivity index (χ0n) is 15.8. The second kappa shape index (κ2) is 11.3. The van der Waals surface area contributed by atoms with E-state index in [-0.39, 0.29) is 48.0 Å². The van der Waals surface area contributed by atoms with Crippen molar-refractivity contribution >= 4 is 41.5 Å². The van der Waals surface area contributed by atoms with E-state index in [1.54, 1.807) is 19.2 Å². The molecular formula is C18H29ClFIN4O. The summed E-state index contributed by atoms with van der Waals surface area (Å²) in [6.45, 7) is 8.70. The smallest absolute Gasteiger partial charge is 0.191 e. The van der Waals surface area contributed by atoms with Gasteiger partial charge in [0.2, 0.25) is 0 Å². The van der Waals surface area contributed by atoms with Gasteiger partial charge < -0.3 is 15.4 Å². The highest BCUT2D eigenvalue weighted by atomic mass is 127. The summed E-state index contributed by atoms with van der Waals surface area (Å²) in [6, 6.07) is 4.88. The molecule has 1 aromatic rings. The van der Waals surface area contributed by atoms with Crippen molar-refractivity contribution in [1.29, 1.82) is 0 Å². The number of morpholine rings is 1. The molecule has 1 saturated heterocycles. The van der Waals surface area contributed by atoms with Crippen LogP contribution in [0.2, 0.25) is 5.02 Å². The number of guanidine groups is 1. The van der Waals surface area contributed by atoms with Crippen LogP contribution in [-0.2, 0) is 4.74 Å². The van der Waals surface area contributed by atoms with Crippen molar-refractivity contribution in [2.45, 2.75) is 39.0 Å². The Kier molecular flexibility index (Phi) is 10.1. The molecule has 0 amide bonds. The minimum absolute atomic E-state index is 0. The molecule has 0 aromatic heterocycles. The van der Waals surface area contributed by atoms with Crippen LogP contribution in [0, 0.1) is 5.82 Å². The van der Waals surface area contributed by atoms with Gasteiger partial charge in [-0.15, -0.1) is 24.0 Å². The van der Waals surface area contributed by atoms with E-state index in [1.807, 2.05) is 20.8 Å². The third kappa shape index (κ3) is 6.51. The summed E-state index contributed by atoms with van der Waals surface area (Å²) in [6.07, 6.45) is 0.106. The van der Waals surface area contributed by atoms with Crippen molar-refractivity contribution in [3.63, 3.8) is 0 Å². The lowest BCUT2D eigenvalue weighted by Gasteiger charge is -2.38. The quantitative estimate of drug-likeness (QED) is 0.371. The molecule has 0 bridgehead atoms. The molecule has 2 rings (SSSR count). The lowest BCUT2D eigenvalue weighted by Crippen LogP contribution is -2.49. The van der Waals surface area contributed by atoms with Gasteiger partial charge in [-0.25, -0.2) is 4.39 Å². The van der Waals surface area contributed by atoms with Crippen LogP contribution in [0.25, 0.3) is 0 Å². The number of benzene rings is 1. The Morgan fingerprint density at radius 1 is 1.46 bits per heavy atom. The molecule has 2 atom stereocenters. The van der Waals surface area contributed by atoms with Crippen molar-refractivity contribution in [3.05, 3.63) is 34.6 Å². The molecule has 2 N–H and O–H groups in total. The number of nitrogens with zero attached hydrogens (tertiary/aromatic N) is 2. The average molecular weight is 499 g/mol. The maximum Gasteiger partial charge on any atom is 0.191 e. The van der Waals surface area contributed by atoms with Gasteiger partial charge in [0.25, 0.3) is 0 Å². The van der Waals surface area contributed by atoms with Crippen molar-refractivity contribution in [2.24, 2.45) is 4.99 Å². The predicted molar refractivity (Wildman–Crippen MR) is 116 cm³/mol. The third-order valence-electron chi connectivity index (χ3n) is 4.16. The van der Waals surface area contributed by atoms with Gasteiger partial charge in [-0.1, -0.05) is 17.7 Å². The minimum Gasteiger partial charge on any atom is -0.376 e. The zero-order chi connectivity index (χ0) is 18.4. The number of hydrogen-bond donors (Lipinski definition) is 2. The summed E-state index contributed by atoms with van der Waals surface area (Å²) >= 11 is 6.34. The zero-order valence-corrected chi connectivity index (χ0v) is 18.8. The molecule has 5 nitrogen and oxygen atoms in total. The Labute approximate surface area is 177 Å². The highest BCUT2D eigenvalue weighted by Crippen LogP contribution is 2.31. The first-order chi connectivity index (χ1) is 11.9. The van der Waals surface area contributed by atoms with Crippen molar-refractivity contribution < 1.29 is 9.13 Å². The van der Waals surface area contributed by atoms with E-state index in [0.29, 0.717) is 29.7 Å². The predicted octanol–water partition coefficient (Wildman–Crippen LogP) is 3.43. The van der Waals surface area contributed by atoms with Crippen LogP contribution in [0.1, 0.15) is 32.4 Å². The number of hydrogen-bond acceptors (Lipinski definition) is 3. The summed E-state index contributed by atoms with van der Waals surface area (Å²) in [5.74, 6) is 0.402. The first-order valence-corrected chi connectivity index (χ1v) is 9.07. The lowest BCUT2D eigenvalue weighted by molar-refractivity contribution is -0.0343. The average Bonchev–Trinajstić information content (AvgIpc) is 2.55. The fraction of sp³-hybridized carbons (Fsp3) is 0.611. The minimum atomic E-state index is -0.287. The highest BCUT2D eigenvalue weighted by molar-refractivity contribution is 14.0. The molecule has 1 aromatic carbocycles. The summed E-state index contributed by atoms with van der Waals surface area (Å²) in [5.41, 5.74) is 0.519. The largest absolute Gasteiger partial charge is 0.376 e. The van der Waals surface area contributed by atoms with Crippen LogP contribution in [0.3, 0.4) is 0 Å². The standard InChI is InChI=1S/C18H28ClFN4O.HI/c1-12(2)23-18(21-4)22-10-16(24-8-9-25-13(3)11-24)17-14(19)6-5-7-15(17)20;/h5-7,12-13,16H,8-11H2,1-4H3,(H2,21,22,23);1H. The number of aliphatic imine (C=N–C) groups is 1. The van der Waals surface area contributed by atoms with E-state index in [0.717, 1.165) is 13.1 Å². The van der Waals surface area contributed by atoms with Crippen LogP contribution in [0.15, 0.2) is 23.2 Å². The van der Waals surface area contributed by atoms with E-state index in [4.69, 9.17) is 16.3 Å². The lowest BCUT2D eigenvalue weighted by atomic mass is 10.0. The fourth-order valence-electron chi connectivity index (χ4n) is 3.03. The van der Waals surface area contributed by atoms with Crippen LogP contribution in [0.5, 0.6) is 0 Å². The molecule has 2 unspecified atom stereocenters. The van der Waals surface area contributed by atoms with Gasteiger partial charge in [0.15, 0.2) is 5.96 Å². The summed E-state index contributed by atoms with van der Waals surface area (Å²) in [4.78, 5) is 6.44. The summed E-state index contributed by atoms with van der Waals surface area (Å²) < 4.78 is 20.2. The van der Waals surface area contributed by atoms with Crippen LogP contribution in [-0.4, -0.2) is 56.3 Å². The van der Waals surface area contributed by atoms with Gasteiger partial charge in [-0.3, -0.25) is 9.89 Å². The van der Waals surface area contributed by atoms with Crippen molar-refractivity contribution in [3.8, 4) is 0 Å². The first-order valence-electron chi connectivity index (χ1n) is 8.69. The molecule has 148 valence electrons. The number of halogens is 3. The molecule has 8 heteroatoms. The van der Waals surface area contributed by atoms with E-state index in [9.17, 15) is 4.39 Å². The Morgan fingerprint density at radius 3 is 2.77 bits per heavy atom. The summed E-state index contributed by atoms with van der Waals surface area (Å²) in [7, 11) is 1.72. The third-order valence-corrected chi connectivity index (χ3v) is 4.49. The maximum absolute atomic E-state index is 14.6. The molecule has 1 aliphatic heterocycles. The maximum atomic E-state index is 14.6.